The highest BCUT2D eigenvalue weighted by molar-refractivity contribution is 7.91. The van der Waals surface area contributed by atoms with Gasteiger partial charge in [-0.1, -0.05) is 0 Å². The topological polar surface area (TPSA) is 127 Å². The number of carbonyl (C=O) groups is 1. The lowest BCUT2D eigenvalue weighted by Gasteiger charge is -2.26. The van der Waals surface area contributed by atoms with Crippen LogP contribution in [0.1, 0.15) is 25.7 Å². The molecule has 0 bridgehead atoms. The van der Waals surface area contributed by atoms with Gasteiger partial charge in [-0.3, -0.25) is 14.9 Å². The van der Waals surface area contributed by atoms with Gasteiger partial charge in [-0.25, -0.2) is 13.1 Å². The lowest BCUT2D eigenvalue weighted by atomic mass is 9.87. The van der Waals surface area contributed by atoms with Gasteiger partial charge in [-0.15, -0.1) is 0 Å². The molecule has 0 spiro atoms. The maximum absolute atomic E-state index is 12.1. The van der Waals surface area contributed by atoms with Gasteiger partial charge in [0.25, 0.3) is 10.0 Å². The zero-order valence-electron chi connectivity index (χ0n) is 10.9. The Balaban J connectivity index is 2.01. The Morgan fingerprint density at radius 1 is 1.33 bits per heavy atom. The van der Waals surface area contributed by atoms with Crippen LogP contribution in [-0.4, -0.2) is 30.5 Å². The van der Waals surface area contributed by atoms with Crippen molar-refractivity contribution in [1.29, 1.82) is 0 Å². The molecule has 0 radical (unpaired) electrons. The van der Waals surface area contributed by atoms with E-state index in [1.807, 2.05) is 0 Å². The molecule has 1 aromatic heterocycles. The second kappa shape index (κ2) is 6.08. The molecule has 0 atom stereocenters. The number of hydrogen-bond acceptors (Lipinski definition) is 6. The predicted octanol–water partition coefficient (Wildman–Crippen LogP) is 1.58. The maximum Gasteiger partial charge on any atom is 0.325 e. The summed E-state index contributed by atoms with van der Waals surface area (Å²) in [6.45, 7) is 0. The summed E-state index contributed by atoms with van der Waals surface area (Å²) in [5, 5.41) is 19.2. The zero-order valence-corrected chi connectivity index (χ0v) is 12.5. The number of thiophene rings is 1. The van der Waals surface area contributed by atoms with Crippen LogP contribution in [0.15, 0.2) is 16.3 Å². The van der Waals surface area contributed by atoms with Gasteiger partial charge in [0.05, 0.1) is 10.8 Å². The van der Waals surface area contributed by atoms with Crippen LogP contribution in [0.2, 0.25) is 0 Å². The van der Waals surface area contributed by atoms with E-state index in [1.165, 1.54) is 6.07 Å². The Morgan fingerprint density at radius 2 is 1.95 bits per heavy atom. The normalized spacial score (nSPS) is 22.9. The van der Waals surface area contributed by atoms with Crippen LogP contribution in [0.25, 0.3) is 0 Å². The first-order chi connectivity index (χ1) is 9.79. The van der Waals surface area contributed by atoms with E-state index in [-0.39, 0.29) is 15.3 Å². The van der Waals surface area contributed by atoms with Crippen molar-refractivity contribution in [2.45, 2.75) is 35.9 Å². The Hall–Kier alpha value is -1.52. The number of aliphatic carboxylic acids is 1. The SMILES string of the molecule is O=C(O)C1CCC(NS(=O)(=O)c2ccc([N+](=O)[O-])s2)CC1. The van der Waals surface area contributed by atoms with Crippen LogP contribution in [0.4, 0.5) is 5.00 Å². The summed E-state index contributed by atoms with van der Waals surface area (Å²) in [5.74, 6) is -1.28. The first-order valence-electron chi connectivity index (χ1n) is 6.29. The summed E-state index contributed by atoms with van der Waals surface area (Å²) in [6.07, 6.45) is 1.74. The monoisotopic (exact) mass is 334 g/mol. The van der Waals surface area contributed by atoms with Crippen molar-refractivity contribution in [3.05, 3.63) is 22.2 Å². The molecular formula is C11H14N2O6S2. The first kappa shape index (κ1) is 15.9. The van der Waals surface area contributed by atoms with Crippen molar-refractivity contribution < 1.29 is 23.2 Å². The molecule has 1 heterocycles. The highest BCUT2D eigenvalue weighted by atomic mass is 32.2. The number of carboxylic acids is 1. The third kappa shape index (κ3) is 3.77. The molecule has 0 unspecified atom stereocenters. The van der Waals surface area contributed by atoms with Crippen LogP contribution in [0.3, 0.4) is 0 Å². The summed E-state index contributed by atoms with van der Waals surface area (Å²) in [7, 11) is -3.79. The molecule has 1 aromatic rings. The molecule has 0 saturated heterocycles. The quantitative estimate of drug-likeness (QED) is 0.621. The Kier molecular flexibility index (Phi) is 4.59. The molecule has 8 nitrogen and oxygen atoms in total. The molecule has 2 N–H and O–H groups in total. The van der Waals surface area contributed by atoms with Gasteiger partial charge in [0.15, 0.2) is 0 Å². The van der Waals surface area contributed by atoms with Crippen LogP contribution in [0, 0.1) is 16.0 Å². The molecule has 0 amide bonds. The summed E-state index contributed by atoms with van der Waals surface area (Å²) in [5.41, 5.74) is 0. The average Bonchev–Trinajstić information content (AvgIpc) is 2.89. The molecule has 0 aliphatic heterocycles. The van der Waals surface area contributed by atoms with Gasteiger partial charge in [-0.2, -0.15) is 0 Å². The Bertz CT molecular complexity index is 645. The van der Waals surface area contributed by atoms with Crippen molar-refractivity contribution in [3.8, 4) is 0 Å². The van der Waals surface area contributed by atoms with E-state index in [0.29, 0.717) is 37.0 Å². The fourth-order valence-corrected chi connectivity index (χ4v) is 4.72. The van der Waals surface area contributed by atoms with E-state index in [2.05, 4.69) is 4.72 Å². The lowest BCUT2D eigenvalue weighted by Crippen LogP contribution is -2.38. The zero-order chi connectivity index (χ0) is 15.6. The lowest BCUT2D eigenvalue weighted by molar-refractivity contribution is -0.380. The largest absolute Gasteiger partial charge is 0.481 e. The molecular weight excluding hydrogens is 320 g/mol. The summed E-state index contributed by atoms with van der Waals surface area (Å²) >= 11 is 0.598. The fraction of sp³-hybridized carbons (Fsp3) is 0.545. The van der Waals surface area contributed by atoms with E-state index in [1.54, 1.807) is 0 Å². The van der Waals surface area contributed by atoms with Crippen molar-refractivity contribution >= 4 is 32.3 Å². The van der Waals surface area contributed by atoms with Crippen LogP contribution >= 0.6 is 11.3 Å². The van der Waals surface area contributed by atoms with Gasteiger partial charge in [0.1, 0.15) is 4.21 Å². The number of rotatable bonds is 5. The molecule has 21 heavy (non-hydrogen) atoms. The number of nitrogens with zero attached hydrogens (tertiary/aromatic N) is 1. The third-order valence-corrected chi connectivity index (χ3v) is 6.46. The third-order valence-electron chi connectivity index (χ3n) is 3.41. The van der Waals surface area contributed by atoms with Gasteiger partial charge in [-0.05, 0) is 43.1 Å². The van der Waals surface area contributed by atoms with E-state index in [9.17, 15) is 23.3 Å². The van der Waals surface area contributed by atoms with Crippen molar-refractivity contribution in [1.82, 2.24) is 4.72 Å². The van der Waals surface area contributed by atoms with Gasteiger partial charge in [0.2, 0.25) is 0 Å². The number of carboxylic acid groups (broad SMARTS) is 1. The predicted molar refractivity (Wildman–Crippen MR) is 74.7 cm³/mol. The molecule has 2 rings (SSSR count). The molecule has 1 aliphatic rings. The molecule has 1 aliphatic carbocycles. The van der Waals surface area contributed by atoms with Crippen LogP contribution in [0.5, 0.6) is 0 Å². The number of sulfonamides is 1. The summed E-state index contributed by atoms with van der Waals surface area (Å²) < 4.78 is 26.6. The second-order valence-corrected chi connectivity index (χ2v) is 7.86. The highest BCUT2D eigenvalue weighted by Gasteiger charge is 2.30. The van der Waals surface area contributed by atoms with Gasteiger partial charge < -0.3 is 5.11 Å². The van der Waals surface area contributed by atoms with Crippen LogP contribution in [-0.2, 0) is 14.8 Å². The standard InChI is InChI=1S/C11H14N2O6S2/c14-11(15)7-1-3-8(4-2-7)12-21(18,19)10-6-5-9(20-10)13(16)17/h5-8,12H,1-4H2,(H,14,15). The first-order valence-corrected chi connectivity index (χ1v) is 8.59. The van der Waals surface area contributed by atoms with Gasteiger partial charge in [0, 0.05) is 12.1 Å². The summed E-state index contributed by atoms with van der Waals surface area (Å²) in [6, 6.07) is 2.03. The van der Waals surface area contributed by atoms with E-state index in [4.69, 9.17) is 5.11 Å². The smallest absolute Gasteiger partial charge is 0.325 e. The second-order valence-electron chi connectivity index (χ2n) is 4.86. The fourth-order valence-electron chi connectivity index (χ4n) is 2.29. The van der Waals surface area contributed by atoms with Crippen molar-refractivity contribution in [3.63, 3.8) is 0 Å². The number of nitrogens with one attached hydrogen (secondary N) is 1. The van der Waals surface area contributed by atoms with E-state index in [0.717, 1.165) is 6.07 Å². The molecule has 1 fully saturated rings. The Labute approximate surface area is 125 Å². The van der Waals surface area contributed by atoms with Crippen molar-refractivity contribution in [2.75, 3.05) is 0 Å². The molecule has 0 aromatic carbocycles. The molecule has 10 heteroatoms. The average molecular weight is 334 g/mol. The minimum absolute atomic E-state index is 0.102. The van der Waals surface area contributed by atoms with Gasteiger partial charge >= 0.3 is 11.0 Å². The molecule has 1 saturated carbocycles. The summed E-state index contributed by atoms with van der Waals surface area (Å²) in [4.78, 5) is 20.8. The minimum atomic E-state index is -3.79. The maximum atomic E-state index is 12.1. The Morgan fingerprint density at radius 3 is 2.43 bits per heavy atom. The minimum Gasteiger partial charge on any atom is -0.481 e. The van der Waals surface area contributed by atoms with Crippen molar-refractivity contribution in [2.24, 2.45) is 5.92 Å². The van der Waals surface area contributed by atoms with E-state index < -0.39 is 26.8 Å². The number of nitro groups is 1. The highest BCUT2D eigenvalue weighted by Crippen LogP contribution is 2.29. The number of hydrogen-bond donors (Lipinski definition) is 2. The van der Waals surface area contributed by atoms with Crippen LogP contribution < -0.4 is 4.72 Å². The van der Waals surface area contributed by atoms with E-state index >= 15 is 0 Å². The molecule has 116 valence electrons.